The Morgan fingerprint density at radius 2 is 1.62 bits per heavy atom. The van der Waals surface area contributed by atoms with E-state index in [1.54, 1.807) is 24.3 Å². The summed E-state index contributed by atoms with van der Waals surface area (Å²) in [7, 11) is 0. The number of hydrogen-bond donors (Lipinski definition) is 3. The Labute approximate surface area is 148 Å². The van der Waals surface area contributed by atoms with Crippen molar-refractivity contribution in [2.24, 2.45) is 5.92 Å². The molecule has 6 heteroatoms. The molecule has 0 atom stereocenters. The fourth-order valence-electron chi connectivity index (χ4n) is 3.00. The predicted octanol–water partition coefficient (Wildman–Crippen LogP) is 3.82. The van der Waals surface area contributed by atoms with Gasteiger partial charge in [0.1, 0.15) is 0 Å². The van der Waals surface area contributed by atoms with Crippen molar-refractivity contribution in [3.8, 4) is 0 Å². The normalized spacial score (nSPS) is 14.7. The molecule has 0 saturated heterocycles. The number of amides is 2. The second-order valence-corrected chi connectivity index (χ2v) is 6.71. The number of anilines is 2. The van der Waals surface area contributed by atoms with E-state index in [0.717, 1.165) is 17.8 Å². The topological polar surface area (TPSA) is 70.2 Å². The average molecular weight is 347 g/mol. The van der Waals surface area contributed by atoms with Crippen molar-refractivity contribution in [1.29, 1.82) is 0 Å². The van der Waals surface area contributed by atoms with Crippen LogP contribution in [-0.2, 0) is 9.59 Å². The maximum atomic E-state index is 12.0. The third kappa shape index (κ3) is 6.66. The molecule has 2 amide bonds. The molecule has 1 fully saturated rings. The molecule has 0 unspecified atom stereocenters. The molecule has 24 heavy (non-hydrogen) atoms. The summed E-state index contributed by atoms with van der Waals surface area (Å²) in [6.07, 6.45) is 7.87. The van der Waals surface area contributed by atoms with Gasteiger partial charge in [0.05, 0.1) is 0 Å². The van der Waals surface area contributed by atoms with Crippen LogP contribution < -0.4 is 16.0 Å². The molecule has 3 N–H and O–H groups in total. The number of carbonyl (C=O) groups is 2. The summed E-state index contributed by atoms with van der Waals surface area (Å²) < 4.78 is 0. The van der Waals surface area contributed by atoms with E-state index in [1.165, 1.54) is 39.0 Å². The standard InChI is InChI=1S/C18H25N3O2S/c1-13(22)19-15-8-10-16(11-9-15)20-18(24)21-17(23)12-7-14-5-3-2-4-6-14/h8-11,14H,2-7,12H2,1H3,(H,19,22)(H2,20,21,23,24). The summed E-state index contributed by atoms with van der Waals surface area (Å²) in [5.41, 5.74) is 1.48. The molecule has 0 radical (unpaired) electrons. The highest BCUT2D eigenvalue weighted by Crippen LogP contribution is 2.27. The van der Waals surface area contributed by atoms with Crippen LogP contribution in [0.25, 0.3) is 0 Å². The summed E-state index contributed by atoms with van der Waals surface area (Å²) in [6, 6.07) is 7.14. The van der Waals surface area contributed by atoms with E-state index in [-0.39, 0.29) is 11.8 Å². The maximum Gasteiger partial charge on any atom is 0.226 e. The molecule has 0 heterocycles. The van der Waals surface area contributed by atoms with Crippen LogP contribution >= 0.6 is 12.2 Å². The Hall–Kier alpha value is -1.95. The van der Waals surface area contributed by atoms with Crippen molar-refractivity contribution in [3.05, 3.63) is 24.3 Å². The molecular weight excluding hydrogens is 322 g/mol. The molecule has 130 valence electrons. The lowest BCUT2D eigenvalue weighted by molar-refractivity contribution is -0.120. The molecule has 1 aromatic carbocycles. The Balaban J connectivity index is 1.71. The molecule has 0 aliphatic heterocycles. The Bertz CT molecular complexity index is 580. The zero-order valence-electron chi connectivity index (χ0n) is 14.1. The van der Waals surface area contributed by atoms with E-state index in [1.807, 2.05) is 0 Å². The van der Waals surface area contributed by atoms with Crippen molar-refractivity contribution in [2.45, 2.75) is 51.9 Å². The highest BCUT2D eigenvalue weighted by molar-refractivity contribution is 7.80. The van der Waals surface area contributed by atoms with E-state index >= 15 is 0 Å². The van der Waals surface area contributed by atoms with Crippen molar-refractivity contribution in [2.75, 3.05) is 10.6 Å². The van der Waals surface area contributed by atoms with Crippen molar-refractivity contribution >= 4 is 40.5 Å². The van der Waals surface area contributed by atoms with E-state index in [2.05, 4.69) is 16.0 Å². The van der Waals surface area contributed by atoms with E-state index in [0.29, 0.717) is 17.5 Å². The number of thiocarbonyl (C=S) groups is 1. The van der Waals surface area contributed by atoms with Gasteiger partial charge in [0.15, 0.2) is 5.11 Å². The number of nitrogens with one attached hydrogen (secondary N) is 3. The quantitative estimate of drug-likeness (QED) is 0.708. The van der Waals surface area contributed by atoms with Gasteiger partial charge in [-0.1, -0.05) is 32.1 Å². The first-order valence-corrected chi connectivity index (χ1v) is 8.92. The molecular formula is C18H25N3O2S. The van der Waals surface area contributed by atoms with Crippen molar-refractivity contribution < 1.29 is 9.59 Å². The van der Waals surface area contributed by atoms with Gasteiger partial charge in [-0.05, 0) is 48.8 Å². The fraction of sp³-hybridized carbons (Fsp3) is 0.500. The summed E-state index contributed by atoms with van der Waals surface area (Å²) in [5.74, 6) is 0.539. The number of rotatable bonds is 5. The summed E-state index contributed by atoms with van der Waals surface area (Å²) >= 11 is 5.17. The number of benzene rings is 1. The minimum atomic E-state index is -0.114. The number of hydrogen-bond acceptors (Lipinski definition) is 3. The molecule has 1 aromatic rings. The Kier molecular flexibility index (Phi) is 7.18. The lowest BCUT2D eigenvalue weighted by Crippen LogP contribution is -2.34. The largest absolute Gasteiger partial charge is 0.332 e. The van der Waals surface area contributed by atoms with Crippen molar-refractivity contribution in [1.82, 2.24) is 5.32 Å². The predicted molar refractivity (Wildman–Crippen MR) is 101 cm³/mol. The lowest BCUT2D eigenvalue weighted by atomic mass is 9.86. The van der Waals surface area contributed by atoms with E-state index < -0.39 is 0 Å². The second kappa shape index (κ2) is 9.37. The molecule has 0 aromatic heterocycles. The van der Waals surface area contributed by atoms with E-state index in [4.69, 9.17) is 12.2 Å². The zero-order valence-corrected chi connectivity index (χ0v) is 14.9. The van der Waals surface area contributed by atoms with Gasteiger partial charge < -0.3 is 16.0 Å². The van der Waals surface area contributed by atoms with E-state index in [9.17, 15) is 9.59 Å². The first kappa shape index (κ1) is 18.4. The van der Waals surface area contributed by atoms with Crippen LogP contribution in [0.2, 0.25) is 0 Å². The minimum Gasteiger partial charge on any atom is -0.332 e. The van der Waals surface area contributed by atoms with Crippen LogP contribution in [-0.4, -0.2) is 16.9 Å². The van der Waals surface area contributed by atoms with Crippen LogP contribution in [0.4, 0.5) is 11.4 Å². The van der Waals surface area contributed by atoms with Gasteiger partial charge in [0.25, 0.3) is 0 Å². The highest BCUT2D eigenvalue weighted by atomic mass is 32.1. The zero-order chi connectivity index (χ0) is 17.4. The van der Waals surface area contributed by atoms with Gasteiger partial charge in [-0.2, -0.15) is 0 Å². The first-order valence-electron chi connectivity index (χ1n) is 8.51. The van der Waals surface area contributed by atoms with Crippen LogP contribution in [0, 0.1) is 5.92 Å². The molecule has 1 aliphatic rings. The van der Waals surface area contributed by atoms with Gasteiger partial charge >= 0.3 is 0 Å². The van der Waals surface area contributed by atoms with Gasteiger partial charge in [0.2, 0.25) is 11.8 Å². The highest BCUT2D eigenvalue weighted by Gasteiger charge is 2.15. The van der Waals surface area contributed by atoms with Gasteiger partial charge in [-0.25, -0.2) is 0 Å². The smallest absolute Gasteiger partial charge is 0.226 e. The summed E-state index contributed by atoms with van der Waals surface area (Å²) in [6.45, 7) is 1.46. The van der Waals surface area contributed by atoms with Crippen LogP contribution in [0.3, 0.4) is 0 Å². The lowest BCUT2D eigenvalue weighted by Gasteiger charge is -2.21. The average Bonchev–Trinajstić information content (AvgIpc) is 2.55. The van der Waals surface area contributed by atoms with Crippen LogP contribution in [0.1, 0.15) is 51.9 Å². The van der Waals surface area contributed by atoms with Gasteiger partial charge in [-0.3, -0.25) is 9.59 Å². The summed E-state index contributed by atoms with van der Waals surface area (Å²) in [4.78, 5) is 23.0. The first-order chi connectivity index (χ1) is 11.5. The summed E-state index contributed by atoms with van der Waals surface area (Å²) in [5, 5.41) is 8.70. The minimum absolute atomic E-state index is 0.0343. The van der Waals surface area contributed by atoms with Gasteiger partial charge in [0, 0.05) is 24.7 Å². The SMILES string of the molecule is CC(=O)Nc1ccc(NC(=S)NC(=O)CCC2CCCCC2)cc1. The third-order valence-electron chi connectivity index (χ3n) is 4.22. The Morgan fingerprint density at radius 3 is 2.21 bits per heavy atom. The molecule has 0 bridgehead atoms. The molecule has 5 nitrogen and oxygen atoms in total. The molecule has 1 saturated carbocycles. The number of carbonyl (C=O) groups excluding carboxylic acids is 2. The Morgan fingerprint density at radius 1 is 1.04 bits per heavy atom. The molecule has 2 rings (SSSR count). The monoisotopic (exact) mass is 347 g/mol. The maximum absolute atomic E-state index is 12.0. The fourth-order valence-corrected chi connectivity index (χ4v) is 3.23. The van der Waals surface area contributed by atoms with Gasteiger partial charge in [-0.15, -0.1) is 0 Å². The van der Waals surface area contributed by atoms with Crippen LogP contribution in [0.15, 0.2) is 24.3 Å². The second-order valence-electron chi connectivity index (χ2n) is 6.30. The third-order valence-corrected chi connectivity index (χ3v) is 4.42. The van der Waals surface area contributed by atoms with Crippen molar-refractivity contribution in [3.63, 3.8) is 0 Å². The molecule has 1 aliphatic carbocycles. The molecule has 0 spiro atoms. The van der Waals surface area contributed by atoms with Crippen LogP contribution in [0.5, 0.6) is 0 Å².